The molecule has 0 saturated carbocycles. The van der Waals surface area contributed by atoms with E-state index in [9.17, 15) is 10.1 Å². The van der Waals surface area contributed by atoms with Crippen molar-refractivity contribution in [1.29, 1.82) is 5.26 Å². The van der Waals surface area contributed by atoms with Gasteiger partial charge < -0.3 is 10.1 Å². The van der Waals surface area contributed by atoms with Crippen molar-refractivity contribution >= 4 is 17.4 Å². The lowest BCUT2D eigenvalue weighted by Crippen LogP contribution is -2.51. The van der Waals surface area contributed by atoms with Gasteiger partial charge in [0.1, 0.15) is 17.6 Å². The molecule has 0 radical (unpaired) electrons. The maximum Gasteiger partial charge on any atom is 0.163 e. The lowest BCUT2D eigenvalue weighted by atomic mass is 9.78. The van der Waals surface area contributed by atoms with Crippen LogP contribution in [0.3, 0.4) is 0 Å². The van der Waals surface area contributed by atoms with E-state index >= 15 is 0 Å². The average Bonchev–Trinajstić information content (AvgIpc) is 2.62. The molecule has 1 aliphatic heterocycles. The molecule has 1 aliphatic rings. The van der Waals surface area contributed by atoms with Gasteiger partial charge in [0.15, 0.2) is 5.78 Å². The van der Waals surface area contributed by atoms with Crippen molar-refractivity contribution in [3.05, 3.63) is 58.6 Å². The maximum absolute atomic E-state index is 12.8. The summed E-state index contributed by atoms with van der Waals surface area (Å²) in [6.45, 7) is 6.53. The van der Waals surface area contributed by atoms with Gasteiger partial charge in [0, 0.05) is 23.6 Å². The van der Waals surface area contributed by atoms with Crippen LogP contribution in [0, 0.1) is 17.2 Å². The number of Topliss-reactive ketones (excluding diaryl/α,β-unsaturated/α-hetero) is 1. The third kappa shape index (κ3) is 4.92. The van der Waals surface area contributed by atoms with Gasteiger partial charge in [-0.15, -0.1) is 0 Å². The van der Waals surface area contributed by atoms with Gasteiger partial charge in [-0.2, -0.15) is 5.26 Å². The highest BCUT2D eigenvalue weighted by Crippen LogP contribution is 2.34. The second kappa shape index (κ2) is 8.34. The summed E-state index contributed by atoms with van der Waals surface area (Å²) < 4.78 is 5.78. The van der Waals surface area contributed by atoms with Crippen molar-refractivity contribution in [2.75, 3.05) is 0 Å². The van der Waals surface area contributed by atoms with Gasteiger partial charge in [0.25, 0.3) is 0 Å². The van der Waals surface area contributed by atoms with Crippen LogP contribution < -0.4 is 10.1 Å². The molecule has 0 aliphatic carbocycles. The normalized spacial score (nSPS) is 21.0. The molecule has 1 fully saturated rings. The van der Waals surface area contributed by atoms with E-state index in [2.05, 4.69) is 32.2 Å². The molecule has 2 aromatic rings. The van der Waals surface area contributed by atoms with Crippen LogP contribution in [0.4, 0.5) is 0 Å². The minimum atomic E-state index is 0.0477. The Balaban J connectivity index is 1.71. The highest BCUT2D eigenvalue weighted by atomic mass is 35.5. The molecule has 28 heavy (non-hydrogen) atoms. The summed E-state index contributed by atoms with van der Waals surface area (Å²) in [4.78, 5) is 12.8. The number of nitriles is 1. The summed E-state index contributed by atoms with van der Waals surface area (Å²) >= 11 is 6.36. The number of piperidine rings is 1. The number of nitrogens with one attached hydrogen (secondary N) is 1. The van der Waals surface area contributed by atoms with E-state index < -0.39 is 0 Å². The number of carbonyl (C=O) groups excluding carboxylic acids is 1. The van der Waals surface area contributed by atoms with Gasteiger partial charge in [-0.3, -0.25) is 4.79 Å². The molecule has 0 aromatic heterocycles. The van der Waals surface area contributed by atoms with Crippen molar-refractivity contribution in [2.24, 2.45) is 5.92 Å². The molecule has 1 saturated heterocycles. The van der Waals surface area contributed by atoms with Crippen molar-refractivity contribution in [3.8, 4) is 17.6 Å². The lowest BCUT2D eigenvalue weighted by Gasteiger charge is -2.40. The van der Waals surface area contributed by atoms with Crippen LogP contribution in [0.2, 0.25) is 5.02 Å². The molecule has 0 spiro atoms. The molecule has 2 atom stereocenters. The van der Waals surface area contributed by atoms with E-state index in [1.54, 1.807) is 42.5 Å². The Bertz CT molecular complexity index is 917. The zero-order valence-corrected chi connectivity index (χ0v) is 17.2. The Labute approximate surface area is 171 Å². The summed E-state index contributed by atoms with van der Waals surface area (Å²) in [5.74, 6) is 1.33. The number of benzene rings is 2. The summed E-state index contributed by atoms with van der Waals surface area (Å²) in [5, 5.41) is 13.1. The third-order valence-electron chi connectivity index (χ3n) is 5.08. The van der Waals surface area contributed by atoms with E-state index in [4.69, 9.17) is 16.3 Å². The Morgan fingerprint density at radius 1 is 1.29 bits per heavy atom. The maximum atomic E-state index is 12.8. The molecule has 1 heterocycles. The number of para-hydroxylation sites is 1. The molecule has 3 rings (SSSR count). The van der Waals surface area contributed by atoms with Crippen molar-refractivity contribution < 1.29 is 9.53 Å². The van der Waals surface area contributed by atoms with Crippen LogP contribution in [-0.2, 0) is 0 Å². The van der Waals surface area contributed by atoms with Crippen LogP contribution >= 0.6 is 11.6 Å². The summed E-state index contributed by atoms with van der Waals surface area (Å²) in [6, 6.07) is 14.6. The summed E-state index contributed by atoms with van der Waals surface area (Å²) in [5.41, 5.74) is 1.07. The fraction of sp³-hybridized carbons (Fsp3) is 0.391. The van der Waals surface area contributed by atoms with Gasteiger partial charge in [-0.25, -0.2) is 0 Å². The minimum absolute atomic E-state index is 0.0477. The van der Waals surface area contributed by atoms with Crippen LogP contribution in [-0.4, -0.2) is 17.4 Å². The van der Waals surface area contributed by atoms with Gasteiger partial charge >= 0.3 is 0 Å². The average molecular weight is 397 g/mol. The molecule has 0 bridgehead atoms. The van der Waals surface area contributed by atoms with Crippen LogP contribution in [0.1, 0.15) is 56.0 Å². The number of halogens is 1. The number of carbonyl (C=O) groups is 1. The van der Waals surface area contributed by atoms with Gasteiger partial charge in [-0.1, -0.05) is 23.7 Å². The van der Waals surface area contributed by atoms with E-state index in [1.165, 1.54) is 0 Å². The molecule has 4 nitrogen and oxygen atoms in total. The fourth-order valence-corrected chi connectivity index (χ4v) is 4.37. The predicted molar refractivity (Wildman–Crippen MR) is 111 cm³/mol. The fourth-order valence-electron chi connectivity index (χ4n) is 4.15. The standard InChI is InChI=1S/C23H25ClN2O2/c1-15-10-16(13-23(2,3)26-15)11-20(27)17-8-9-22(19(24)12-17)28-21-7-5-4-6-18(21)14-25/h4-9,12,15-16,26H,10-11,13H2,1-3H3. The third-order valence-corrected chi connectivity index (χ3v) is 5.37. The number of ether oxygens (including phenoxy) is 1. The van der Waals surface area contributed by atoms with Crippen molar-refractivity contribution in [1.82, 2.24) is 5.32 Å². The number of hydrogen-bond donors (Lipinski definition) is 1. The van der Waals surface area contributed by atoms with Crippen LogP contribution in [0.15, 0.2) is 42.5 Å². The predicted octanol–water partition coefficient (Wildman–Crippen LogP) is 5.74. The molecule has 146 valence electrons. The topological polar surface area (TPSA) is 62.1 Å². The molecule has 2 unspecified atom stereocenters. The summed E-state index contributed by atoms with van der Waals surface area (Å²) in [6.07, 6.45) is 2.49. The largest absolute Gasteiger partial charge is 0.454 e. The van der Waals surface area contributed by atoms with Gasteiger partial charge in [0.2, 0.25) is 0 Å². The lowest BCUT2D eigenvalue weighted by molar-refractivity contribution is 0.0920. The molecular weight excluding hydrogens is 372 g/mol. The van der Waals surface area contributed by atoms with Gasteiger partial charge in [0.05, 0.1) is 10.6 Å². The van der Waals surface area contributed by atoms with E-state index in [0.29, 0.717) is 46.0 Å². The second-order valence-electron chi connectivity index (χ2n) is 8.22. The Hall–Kier alpha value is -2.35. The van der Waals surface area contributed by atoms with E-state index in [0.717, 1.165) is 12.8 Å². The SMILES string of the molecule is CC1CC(CC(=O)c2ccc(Oc3ccccc3C#N)c(Cl)c2)CC(C)(C)N1. The number of nitrogens with zero attached hydrogens (tertiary/aromatic N) is 1. The number of rotatable bonds is 5. The quantitative estimate of drug-likeness (QED) is 0.654. The molecule has 1 N–H and O–H groups in total. The zero-order chi connectivity index (χ0) is 20.3. The summed E-state index contributed by atoms with van der Waals surface area (Å²) in [7, 11) is 0. The molecule has 0 amide bonds. The smallest absolute Gasteiger partial charge is 0.163 e. The Morgan fingerprint density at radius 3 is 2.71 bits per heavy atom. The first-order valence-corrected chi connectivity index (χ1v) is 9.92. The van der Waals surface area contributed by atoms with E-state index in [-0.39, 0.29) is 11.3 Å². The molecule has 5 heteroatoms. The second-order valence-corrected chi connectivity index (χ2v) is 8.62. The van der Waals surface area contributed by atoms with Crippen molar-refractivity contribution in [3.63, 3.8) is 0 Å². The Morgan fingerprint density at radius 2 is 2.04 bits per heavy atom. The number of ketones is 1. The highest BCUT2D eigenvalue weighted by molar-refractivity contribution is 6.32. The van der Waals surface area contributed by atoms with Crippen LogP contribution in [0.25, 0.3) is 0 Å². The highest BCUT2D eigenvalue weighted by Gasteiger charge is 2.32. The number of hydrogen-bond acceptors (Lipinski definition) is 4. The first-order chi connectivity index (χ1) is 13.3. The van der Waals surface area contributed by atoms with Crippen LogP contribution in [0.5, 0.6) is 11.5 Å². The zero-order valence-electron chi connectivity index (χ0n) is 16.5. The van der Waals surface area contributed by atoms with E-state index in [1.807, 2.05) is 0 Å². The van der Waals surface area contributed by atoms with Gasteiger partial charge in [-0.05, 0) is 69.9 Å². The molecule has 2 aromatic carbocycles. The first kappa shape index (κ1) is 20.4. The molecular formula is C23H25ClN2O2. The minimum Gasteiger partial charge on any atom is -0.454 e. The first-order valence-electron chi connectivity index (χ1n) is 9.55. The van der Waals surface area contributed by atoms with Crippen molar-refractivity contribution in [2.45, 2.75) is 51.6 Å². The monoisotopic (exact) mass is 396 g/mol. The Kier molecular flexibility index (Phi) is 6.07.